The van der Waals surface area contributed by atoms with E-state index in [0.717, 1.165) is 0 Å². The zero-order chi connectivity index (χ0) is 12.1. The molecule has 0 saturated carbocycles. The molecule has 0 fully saturated rings. The van der Waals surface area contributed by atoms with Crippen LogP contribution in [-0.4, -0.2) is 23.8 Å². The molecule has 0 bridgehead atoms. The maximum atomic E-state index is 11.3. The van der Waals surface area contributed by atoms with Gasteiger partial charge in [0, 0.05) is 22.3 Å². The van der Waals surface area contributed by atoms with Gasteiger partial charge < -0.3 is 15.7 Å². The standard InChI is InChI=1S/C10H12Cl2N2O2/c1-6(15)5-13-10(16)14-9-3-7(11)2-8(12)4-9/h2-4,6,15H,5H2,1H3,(H2,13,14,16)/t6-/m1/s1. The second kappa shape index (κ2) is 5.94. The number of carbonyl (C=O) groups is 1. The van der Waals surface area contributed by atoms with E-state index in [0.29, 0.717) is 15.7 Å². The lowest BCUT2D eigenvalue weighted by Crippen LogP contribution is -2.34. The highest BCUT2D eigenvalue weighted by Crippen LogP contribution is 2.22. The molecule has 0 unspecified atom stereocenters. The molecule has 0 radical (unpaired) electrons. The predicted octanol–water partition coefficient (Wildman–Crippen LogP) is 2.50. The second-order valence-electron chi connectivity index (χ2n) is 3.34. The molecule has 0 aliphatic heterocycles. The quantitative estimate of drug-likeness (QED) is 0.784. The van der Waals surface area contributed by atoms with E-state index in [1.165, 1.54) is 0 Å². The molecule has 0 heterocycles. The van der Waals surface area contributed by atoms with Crippen LogP contribution >= 0.6 is 23.2 Å². The summed E-state index contributed by atoms with van der Waals surface area (Å²) >= 11 is 11.5. The molecule has 0 aromatic heterocycles. The van der Waals surface area contributed by atoms with Crippen LogP contribution in [0.25, 0.3) is 0 Å². The molecule has 16 heavy (non-hydrogen) atoms. The Bertz CT molecular complexity index is 363. The molecule has 1 rings (SSSR count). The van der Waals surface area contributed by atoms with Gasteiger partial charge in [0.15, 0.2) is 0 Å². The van der Waals surface area contributed by atoms with Gasteiger partial charge in [-0.2, -0.15) is 0 Å². The van der Waals surface area contributed by atoms with Gasteiger partial charge in [0.05, 0.1) is 6.10 Å². The number of hydrogen-bond acceptors (Lipinski definition) is 2. The summed E-state index contributed by atoms with van der Waals surface area (Å²) in [5.74, 6) is 0. The van der Waals surface area contributed by atoms with E-state index in [2.05, 4.69) is 10.6 Å². The topological polar surface area (TPSA) is 61.4 Å². The fourth-order valence-electron chi connectivity index (χ4n) is 1.04. The highest BCUT2D eigenvalue weighted by Gasteiger charge is 2.04. The Morgan fingerprint density at radius 2 is 1.94 bits per heavy atom. The monoisotopic (exact) mass is 262 g/mol. The predicted molar refractivity (Wildman–Crippen MR) is 65.2 cm³/mol. The fraction of sp³-hybridized carbons (Fsp3) is 0.300. The third-order valence-corrected chi connectivity index (χ3v) is 2.11. The van der Waals surface area contributed by atoms with Crippen LogP contribution in [-0.2, 0) is 0 Å². The first-order chi connectivity index (χ1) is 7.47. The number of aliphatic hydroxyl groups excluding tert-OH is 1. The Kier molecular flexibility index (Phi) is 4.86. The van der Waals surface area contributed by atoms with Gasteiger partial charge in [0.1, 0.15) is 0 Å². The number of benzene rings is 1. The molecule has 1 atom stereocenters. The van der Waals surface area contributed by atoms with Crippen molar-refractivity contribution >= 4 is 34.9 Å². The van der Waals surface area contributed by atoms with Crippen LogP contribution in [0.1, 0.15) is 6.92 Å². The summed E-state index contributed by atoms with van der Waals surface area (Å²) in [6, 6.07) is 4.31. The van der Waals surface area contributed by atoms with Gasteiger partial charge >= 0.3 is 6.03 Å². The van der Waals surface area contributed by atoms with Gasteiger partial charge in [0.25, 0.3) is 0 Å². The van der Waals surface area contributed by atoms with E-state index in [1.807, 2.05) is 0 Å². The summed E-state index contributed by atoms with van der Waals surface area (Å²) in [6.07, 6.45) is -0.589. The molecule has 6 heteroatoms. The molecule has 0 aliphatic rings. The Morgan fingerprint density at radius 3 is 2.44 bits per heavy atom. The third kappa shape index (κ3) is 4.70. The van der Waals surface area contributed by atoms with Crippen molar-refractivity contribution in [1.29, 1.82) is 0 Å². The van der Waals surface area contributed by atoms with Gasteiger partial charge in [-0.1, -0.05) is 23.2 Å². The molecule has 2 amide bonds. The lowest BCUT2D eigenvalue weighted by Gasteiger charge is -2.09. The van der Waals surface area contributed by atoms with E-state index in [4.69, 9.17) is 28.3 Å². The van der Waals surface area contributed by atoms with Crippen molar-refractivity contribution in [2.24, 2.45) is 0 Å². The van der Waals surface area contributed by atoms with Crippen molar-refractivity contribution in [1.82, 2.24) is 5.32 Å². The summed E-state index contributed by atoms with van der Waals surface area (Å²) in [7, 11) is 0. The Morgan fingerprint density at radius 1 is 1.38 bits per heavy atom. The third-order valence-electron chi connectivity index (χ3n) is 1.68. The van der Waals surface area contributed by atoms with Crippen molar-refractivity contribution in [2.45, 2.75) is 13.0 Å². The van der Waals surface area contributed by atoms with Crippen molar-refractivity contribution < 1.29 is 9.90 Å². The molecule has 0 spiro atoms. The first-order valence-corrected chi connectivity index (χ1v) is 5.42. The molecule has 3 N–H and O–H groups in total. The SMILES string of the molecule is C[C@@H](O)CNC(=O)Nc1cc(Cl)cc(Cl)c1. The molecule has 1 aromatic carbocycles. The number of hydrogen-bond donors (Lipinski definition) is 3. The lowest BCUT2D eigenvalue weighted by molar-refractivity contribution is 0.190. The first kappa shape index (κ1) is 13.1. The van der Waals surface area contributed by atoms with Crippen LogP contribution in [0.15, 0.2) is 18.2 Å². The normalized spacial score (nSPS) is 12.0. The van der Waals surface area contributed by atoms with Gasteiger partial charge in [-0.3, -0.25) is 0 Å². The molecule has 4 nitrogen and oxygen atoms in total. The van der Waals surface area contributed by atoms with Crippen molar-refractivity contribution in [2.75, 3.05) is 11.9 Å². The number of urea groups is 1. The Labute approximate surface area is 104 Å². The summed E-state index contributed by atoms with van der Waals surface area (Å²) in [5, 5.41) is 14.9. The van der Waals surface area contributed by atoms with Crippen LogP contribution in [0.2, 0.25) is 10.0 Å². The number of rotatable bonds is 3. The minimum Gasteiger partial charge on any atom is -0.392 e. The molecular formula is C10H12Cl2N2O2. The first-order valence-electron chi connectivity index (χ1n) is 4.66. The van der Waals surface area contributed by atoms with Crippen molar-refractivity contribution in [3.05, 3.63) is 28.2 Å². The Balaban J connectivity index is 2.56. The number of anilines is 1. The van der Waals surface area contributed by atoms with Gasteiger partial charge in [-0.25, -0.2) is 4.79 Å². The van der Waals surface area contributed by atoms with E-state index in [9.17, 15) is 4.79 Å². The van der Waals surface area contributed by atoms with Crippen LogP contribution in [0.5, 0.6) is 0 Å². The average Bonchev–Trinajstić information content (AvgIpc) is 2.12. The molecule has 0 aliphatic carbocycles. The zero-order valence-electron chi connectivity index (χ0n) is 8.63. The largest absolute Gasteiger partial charge is 0.392 e. The number of aliphatic hydroxyl groups is 1. The van der Waals surface area contributed by atoms with Gasteiger partial charge in [-0.05, 0) is 25.1 Å². The zero-order valence-corrected chi connectivity index (χ0v) is 10.1. The van der Waals surface area contributed by atoms with Crippen LogP contribution in [0.3, 0.4) is 0 Å². The highest BCUT2D eigenvalue weighted by molar-refractivity contribution is 6.35. The van der Waals surface area contributed by atoms with Gasteiger partial charge in [-0.15, -0.1) is 0 Å². The number of amides is 2. The van der Waals surface area contributed by atoms with Crippen LogP contribution in [0.4, 0.5) is 10.5 Å². The molecule has 88 valence electrons. The molecule has 0 saturated heterocycles. The second-order valence-corrected chi connectivity index (χ2v) is 4.22. The van der Waals surface area contributed by atoms with Crippen LogP contribution in [0, 0.1) is 0 Å². The average molecular weight is 263 g/mol. The van der Waals surface area contributed by atoms with Crippen molar-refractivity contribution in [3.63, 3.8) is 0 Å². The van der Waals surface area contributed by atoms with E-state index in [-0.39, 0.29) is 6.54 Å². The smallest absolute Gasteiger partial charge is 0.319 e. The number of carbonyl (C=O) groups excluding carboxylic acids is 1. The number of halogens is 2. The fourth-order valence-corrected chi connectivity index (χ4v) is 1.57. The summed E-state index contributed by atoms with van der Waals surface area (Å²) in [4.78, 5) is 11.3. The lowest BCUT2D eigenvalue weighted by atomic mass is 10.3. The molecule has 1 aromatic rings. The van der Waals surface area contributed by atoms with E-state index < -0.39 is 12.1 Å². The maximum Gasteiger partial charge on any atom is 0.319 e. The number of nitrogens with one attached hydrogen (secondary N) is 2. The summed E-state index contributed by atoms with van der Waals surface area (Å²) in [5.41, 5.74) is 0.501. The van der Waals surface area contributed by atoms with Gasteiger partial charge in [0.2, 0.25) is 0 Å². The summed E-state index contributed by atoms with van der Waals surface area (Å²) < 4.78 is 0. The summed E-state index contributed by atoms with van der Waals surface area (Å²) in [6.45, 7) is 1.76. The highest BCUT2D eigenvalue weighted by atomic mass is 35.5. The minimum atomic E-state index is -0.589. The maximum absolute atomic E-state index is 11.3. The van der Waals surface area contributed by atoms with Crippen molar-refractivity contribution in [3.8, 4) is 0 Å². The Hall–Kier alpha value is -0.970. The molecular weight excluding hydrogens is 251 g/mol. The van der Waals surface area contributed by atoms with Crippen LogP contribution < -0.4 is 10.6 Å². The van der Waals surface area contributed by atoms with E-state index in [1.54, 1.807) is 25.1 Å². The van der Waals surface area contributed by atoms with E-state index >= 15 is 0 Å². The minimum absolute atomic E-state index is 0.181.